The molecule has 1 atom stereocenters. The molecule has 3 heterocycles. The van der Waals surface area contributed by atoms with Gasteiger partial charge in [-0.3, -0.25) is 4.79 Å². The minimum atomic E-state index is -4.53. The second-order valence-electron chi connectivity index (χ2n) is 8.42. The van der Waals surface area contributed by atoms with Crippen LogP contribution in [0.5, 0.6) is 5.88 Å². The summed E-state index contributed by atoms with van der Waals surface area (Å²) in [6.07, 6.45) is -2.65. The summed E-state index contributed by atoms with van der Waals surface area (Å²) in [6.45, 7) is 5.95. The van der Waals surface area contributed by atoms with Crippen molar-refractivity contribution in [2.75, 3.05) is 12.4 Å². The molecule has 0 aromatic carbocycles. The van der Waals surface area contributed by atoms with Crippen molar-refractivity contribution in [3.63, 3.8) is 0 Å². The van der Waals surface area contributed by atoms with E-state index in [4.69, 9.17) is 10.5 Å². The smallest absolute Gasteiger partial charge is 0.431 e. The van der Waals surface area contributed by atoms with Crippen LogP contribution in [0.1, 0.15) is 32.9 Å². The Morgan fingerprint density at radius 2 is 1.94 bits per heavy atom. The van der Waals surface area contributed by atoms with Crippen LogP contribution < -0.4 is 15.8 Å². The molecule has 10 heteroatoms. The molecule has 0 spiro atoms. The summed E-state index contributed by atoms with van der Waals surface area (Å²) in [6, 6.07) is 5.02. The normalized spacial score (nSPS) is 13.3. The number of hydrogen-bond donors (Lipinski definition) is 3. The number of amides is 1. The number of anilines is 1. The standard InChI is InChI=1S/C21H24F3N5O2/c1-20(2,3)10-14(25)18(30)28-16-6-5-12(19(29-16)31-4)11-7-8-26-17-13(11)9-15(27-17)21(22,23)24/h5-9,14H,10,25H2,1-4H3,(H,26,27)(H,28,29,30)/t14-/m1/s1. The van der Waals surface area contributed by atoms with Crippen LogP contribution in [0.15, 0.2) is 30.5 Å². The maximum absolute atomic E-state index is 13.1. The molecule has 4 N–H and O–H groups in total. The highest BCUT2D eigenvalue weighted by Crippen LogP contribution is 2.37. The molecule has 0 aliphatic rings. The number of hydrogen-bond acceptors (Lipinski definition) is 5. The van der Waals surface area contributed by atoms with Crippen LogP contribution in [0.2, 0.25) is 0 Å². The van der Waals surface area contributed by atoms with Crippen LogP contribution in [0.4, 0.5) is 19.0 Å². The number of aromatic amines is 1. The maximum atomic E-state index is 13.1. The van der Waals surface area contributed by atoms with Crippen molar-refractivity contribution < 1.29 is 22.7 Å². The molecule has 0 bridgehead atoms. The van der Waals surface area contributed by atoms with Crippen molar-refractivity contribution in [1.29, 1.82) is 0 Å². The van der Waals surface area contributed by atoms with Crippen LogP contribution in [-0.2, 0) is 11.0 Å². The van der Waals surface area contributed by atoms with Gasteiger partial charge in [0, 0.05) is 17.1 Å². The van der Waals surface area contributed by atoms with Crippen molar-refractivity contribution in [2.45, 2.75) is 39.4 Å². The first-order valence-corrected chi connectivity index (χ1v) is 9.56. The van der Waals surface area contributed by atoms with Crippen molar-refractivity contribution in [1.82, 2.24) is 15.0 Å². The summed E-state index contributed by atoms with van der Waals surface area (Å²) in [5.41, 5.74) is 5.97. The molecule has 3 aromatic heterocycles. The first kappa shape index (κ1) is 22.5. The lowest BCUT2D eigenvalue weighted by molar-refractivity contribution is -0.140. The summed E-state index contributed by atoms with van der Waals surface area (Å²) >= 11 is 0. The SMILES string of the molecule is COc1nc(NC(=O)[C@H](N)CC(C)(C)C)ccc1-c1ccnc2[nH]c(C(F)(F)F)cc12. The second kappa shape index (κ2) is 8.18. The highest BCUT2D eigenvalue weighted by atomic mass is 19.4. The quantitative estimate of drug-likeness (QED) is 0.552. The Morgan fingerprint density at radius 1 is 1.23 bits per heavy atom. The number of nitrogens with one attached hydrogen (secondary N) is 2. The third kappa shape index (κ3) is 5.13. The molecular formula is C21H24F3N5O2. The molecule has 0 unspecified atom stereocenters. The Kier molecular flexibility index (Phi) is 5.95. The first-order chi connectivity index (χ1) is 14.4. The van der Waals surface area contributed by atoms with Gasteiger partial charge in [-0.15, -0.1) is 0 Å². The molecule has 0 aliphatic carbocycles. The Labute approximate surface area is 177 Å². The molecule has 7 nitrogen and oxygen atoms in total. The highest BCUT2D eigenvalue weighted by molar-refractivity contribution is 5.96. The number of nitrogens with two attached hydrogens (primary N) is 1. The van der Waals surface area contributed by atoms with Crippen LogP contribution in [0, 0.1) is 5.41 Å². The average Bonchev–Trinajstić information content (AvgIpc) is 3.11. The zero-order valence-electron chi connectivity index (χ0n) is 17.6. The van der Waals surface area contributed by atoms with Gasteiger partial charge in [-0.2, -0.15) is 18.2 Å². The molecule has 3 aromatic rings. The zero-order chi connectivity index (χ0) is 23.0. The molecule has 0 fully saturated rings. The number of methoxy groups -OCH3 is 1. The third-order valence-electron chi connectivity index (χ3n) is 4.60. The van der Waals surface area contributed by atoms with Gasteiger partial charge < -0.3 is 20.8 Å². The van der Waals surface area contributed by atoms with Crippen molar-refractivity contribution in [2.24, 2.45) is 11.1 Å². The van der Waals surface area contributed by atoms with E-state index in [1.807, 2.05) is 20.8 Å². The van der Waals surface area contributed by atoms with Gasteiger partial charge in [-0.1, -0.05) is 20.8 Å². The van der Waals surface area contributed by atoms with E-state index in [0.717, 1.165) is 6.07 Å². The number of fused-ring (bicyclic) bond motifs is 1. The largest absolute Gasteiger partial charge is 0.480 e. The fourth-order valence-electron chi connectivity index (χ4n) is 3.26. The Morgan fingerprint density at radius 3 is 2.55 bits per heavy atom. The molecule has 0 aliphatic heterocycles. The second-order valence-corrected chi connectivity index (χ2v) is 8.42. The molecule has 166 valence electrons. The predicted molar refractivity (Wildman–Crippen MR) is 112 cm³/mol. The Hall–Kier alpha value is -3.14. The minimum absolute atomic E-state index is 0.0948. The molecule has 1 amide bonds. The van der Waals surface area contributed by atoms with E-state index >= 15 is 0 Å². The lowest BCUT2D eigenvalue weighted by Crippen LogP contribution is -2.38. The number of ether oxygens (including phenoxy) is 1. The molecule has 3 rings (SSSR count). The van der Waals surface area contributed by atoms with E-state index in [1.165, 1.54) is 13.3 Å². The topological polar surface area (TPSA) is 106 Å². The fraction of sp³-hybridized carbons (Fsp3) is 0.381. The minimum Gasteiger partial charge on any atom is -0.480 e. The van der Waals surface area contributed by atoms with Gasteiger partial charge in [0.15, 0.2) is 0 Å². The molecule has 0 saturated carbocycles. The number of halogens is 3. The van der Waals surface area contributed by atoms with Crippen LogP contribution in [0.25, 0.3) is 22.2 Å². The number of carbonyl (C=O) groups excluding carboxylic acids is 1. The van der Waals surface area contributed by atoms with Gasteiger partial charge in [0.2, 0.25) is 11.8 Å². The fourth-order valence-corrected chi connectivity index (χ4v) is 3.26. The van der Waals surface area contributed by atoms with Crippen LogP contribution in [0.3, 0.4) is 0 Å². The van der Waals surface area contributed by atoms with Gasteiger partial charge in [0.05, 0.1) is 13.2 Å². The summed E-state index contributed by atoms with van der Waals surface area (Å²) in [7, 11) is 1.39. The van der Waals surface area contributed by atoms with E-state index in [-0.39, 0.29) is 34.1 Å². The van der Waals surface area contributed by atoms with Crippen molar-refractivity contribution in [3.05, 3.63) is 36.2 Å². The lowest BCUT2D eigenvalue weighted by Gasteiger charge is -2.22. The number of pyridine rings is 2. The van der Waals surface area contributed by atoms with Crippen LogP contribution >= 0.6 is 0 Å². The maximum Gasteiger partial charge on any atom is 0.431 e. The average molecular weight is 435 g/mol. The van der Waals surface area contributed by atoms with Crippen molar-refractivity contribution in [3.8, 4) is 17.0 Å². The zero-order valence-corrected chi connectivity index (χ0v) is 17.6. The highest BCUT2D eigenvalue weighted by Gasteiger charge is 2.33. The van der Waals surface area contributed by atoms with Gasteiger partial charge in [0.25, 0.3) is 0 Å². The summed E-state index contributed by atoms with van der Waals surface area (Å²) in [4.78, 5) is 22.9. The number of carbonyl (C=O) groups is 1. The molecule has 0 saturated heterocycles. The van der Waals surface area contributed by atoms with Crippen LogP contribution in [-0.4, -0.2) is 34.0 Å². The van der Waals surface area contributed by atoms with E-state index in [9.17, 15) is 18.0 Å². The van der Waals surface area contributed by atoms with E-state index in [1.54, 1.807) is 18.2 Å². The molecule has 0 radical (unpaired) electrons. The Bertz CT molecular complexity index is 1100. The van der Waals surface area contributed by atoms with E-state index < -0.39 is 17.9 Å². The Balaban J connectivity index is 1.94. The number of aromatic nitrogens is 3. The first-order valence-electron chi connectivity index (χ1n) is 9.56. The monoisotopic (exact) mass is 435 g/mol. The number of H-pyrrole nitrogens is 1. The molecular weight excluding hydrogens is 411 g/mol. The van der Waals surface area contributed by atoms with E-state index in [2.05, 4.69) is 20.3 Å². The lowest BCUT2D eigenvalue weighted by atomic mass is 9.88. The number of alkyl halides is 3. The summed E-state index contributed by atoms with van der Waals surface area (Å²) in [5, 5.41) is 2.93. The van der Waals surface area contributed by atoms with Gasteiger partial charge in [0.1, 0.15) is 17.2 Å². The van der Waals surface area contributed by atoms with Gasteiger partial charge in [-0.25, -0.2) is 4.98 Å². The van der Waals surface area contributed by atoms with E-state index in [0.29, 0.717) is 17.5 Å². The summed E-state index contributed by atoms with van der Waals surface area (Å²) in [5.74, 6) is -0.0151. The van der Waals surface area contributed by atoms with Gasteiger partial charge in [-0.05, 0) is 41.7 Å². The summed E-state index contributed by atoms with van der Waals surface area (Å²) < 4.78 is 44.6. The third-order valence-corrected chi connectivity index (χ3v) is 4.60. The van der Waals surface area contributed by atoms with Gasteiger partial charge >= 0.3 is 6.18 Å². The predicted octanol–water partition coefficient (Wildman–Crippen LogP) is 4.35. The number of nitrogens with zero attached hydrogens (tertiary/aromatic N) is 2. The molecule has 31 heavy (non-hydrogen) atoms. The van der Waals surface area contributed by atoms with Crippen molar-refractivity contribution >= 4 is 22.8 Å². The number of rotatable bonds is 5.